The van der Waals surface area contributed by atoms with E-state index < -0.39 is 17.5 Å². The molecule has 0 aromatic carbocycles. The maximum atomic E-state index is 12.5. The smallest absolute Gasteiger partial charge is 0.444 e. The molecule has 1 saturated heterocycles. The topological polar surface area (TPSA) is 55.6 Å². The largest absolute Gasteiger partial charge is 0.452 e. The molecule has 1 saturated carbocycles. The third-order valence-corrected chi connectivity index (χ3v) is 5.14. The molecule has 0 N–H and O–H groups in total. The average Bonchev–Trinajstić information content (AvgIpc) is 2.98. The predicted octanol–water partition coefficient (Wildman–Crippen LogP) is 5.13. The fourth-order valence-corrected chi connectivity index (χ4v) is 3.72. The third kappa shape index (κ3) is 4.84. The molecule has 150 valence electrons. The Kier molecular flexibility index (Phi) is 5.03. The first-order valence-corrected chi connectivity index (χ1v) is 9.16. The summed E-state index contributed by atoms with van der Waals surface area (Å²) in [6.07, 6.45) is 2.61. The molecule has 0 radical (unpaired) electrons. The van der Waals surface area contributed by atoms with E-state index in [1.807, 2.05) is 26.8 Å². The van der Waals surface area contributed by atoms with Gasteiger partial charge in [0.1, 0.15) is 11.3 Å². The Morgan fingerprint density at radius 2 is 1.93 bits per heavy atom. The van der Waals surface area contributed by atoms with Crippen molar-refractivity contribution in [2.75, 3.05) is 13.1 Å². The number of alkyl halides is 3. The number of nitrogens with zero attached hydrogens (tertiary/aromatic N) is 2. The molecule has 2 fully saturated rings. The van der Waals surface area contributed by atoms with Gasteiger partial charge in [-0.15, -0.1) is 0 Å². The Labute approximate surface area is 156 Å². The van der Waals surface area contributed by atoms with Crippen LogP contribution < -0.4 is 0 Å². The summed E-state index contributed by atoms with van der Waals surface area (Å²) in [4.78, 5) is 13.8. The van der Waals surface area contributed by atoms with Gasteiger partial charge in [-0.1, -0.05) is 11.2 Å². The number of rotatable bonds is 2. The summed E-state index contributed by atoms with van der Waals surface area (Å²) in [5.74, 6) is -0.779. The summed E-state index contributed by atoms with van der Waals surface area (Å²) < 4.78 is 47.2. The second-order valence-corrected chi connectivity index (χ2v) is 8.65. The monoisotopic (exact) mass is 386 g/mol. The zero-order valence-corrected chi connectivity index (χ0v) is 15.8. The van der Waals surface area contributed by atoms with Crippen LogP contribution in [0, 0.1) is 11.3 Å². The van der Waals surface area contributed by atoms with Gasteiger partial charge in [-0.05, 0) is 58.4 Å². The molecule has 0 bridgehead atoms. The van der Waals surface area contributed by atoms with Crippen LogP contribution in [0.1, 0.15) is 57.9 Å². The molecule has 8 heteroatoms. The highest BCUT2D eigenvalue weighted by Gasteiger charge is 2.47. The van der Waals surface area contributed by atoms with Gasteiger partial charge in [-0.25, -0.2) is 4.79 Å². The van der Waals surface area contributed by atoms with Crippen molar-refractivity contribution in [3.8, 4) is 0 Å². The Bertz CT molecular complexity index is 703. The van der Waals surface area contributed by atoms with Crippen LogP contribution >= 0.6 is 0 Å². The van der Waals surface area contributed by atoms with E-state index >= 15 is 0 Å². The molecule has 5 nitrogen and oxygen atoms in total. The van der Waals surface area contributed by atoms with E-state index in [4.69, 9.17) is 4.74 Å². The van der Waals surface area contributed by atoms with Gasteiger partial charge >= 0.3 is 12.3 Å². The third-order valence-electron chi connectivity index (χ3n) is 5.14. The van der Waals surface area contributed by atoms with Crippen LogP contribution in [0.4, 0.5) is 18.0 Å². The number of carbonyl (C=O) groups excluding carboxylic acids is 1. The Balaban J connectivity index is 1.46. The normalized spacial score (nSPS) is 20.9. The first-order chi connectivity index (χ1) is 12.5. The summed E-state index contributed by atoms with van der Waals surface area (Å²) in [5.41, 5.74) is -0.143. The molecule has 1 aromatic heterocycles. The average molecular weight is 386 g/mol. The highest BCUT2D eigenvalue weighted by atomic mass is 19.4. The zero-order valence-electron chi connectivity index (χ0n) is 15.8. The maximum absolute atomic E-state index is 12.5. The lowest BCUT2D eigenvalue weighted by Gasteiger charge is -2.53. The number of aromatic nitrogens is 1. The number of amides is 1. The van der Waals surface area contributed by atoms with Crippen molar-refractivity contribution >= 4 is 12.2 Å². The molecule has 27 heavy (non-hydrogen) atoms. The molecule has 0 unspecified atom stereocenters. The minimum absolute atomic E-state index is 0.165. The molecule has 2 aliphatic rings. The first-order valence-electron chi connectivity index (χ1n) is 9.16. The molecular formula is C19H25F3N2O3. The maximum Gasteiger partial charge on any atom is 0.452 e. The van der Waals surface area contributed by atoms with Gasteiger partial charge in [0.05, 0.1) is 0 Å². The van der Waals surface area contributed by atoms with Crippen molar-refractivity contribution in [3.63, 3.8) is 0 Å². The van der Waals surface area contributed by atoms with Crippen LogP contribution in [-0.2, 0) is 10.9 Å². The van der Waals surface area contributed by atoms with Crippen LogP contribution in [0.5, 0.6) is 0 Å². The predicted molar refractivity (Wildman–Crippen MR) is 92.7 cm³/mol. The number of ether oxygens (including phenoxy) is 1. The number of hydrogen-bond acceptors (Lipinski definition) is 4. The second-order valence-electron chi connectivity index (χ2n) is 8.65. The Hall–Kier alpha value is -1.99. The molecule has 1 spiro atoms. The number of allylic oxidation sites excluding steroid dienone is 1. The van der Waals surface area contributed by atoms with Crippen LogP contribution in [0.25, 0.3) is 6.08 Å². The van der Waals surface area contributed by atoms with Crippen molar-refractivity contribution in [1.29, 1.82) is 0 Å². The van der Waals surface area contributed by atoms with Crippen LogP contribution in [0.2, 0.25) is 0 Å². The second kappa shape index (κ2) is 6.87. The first kappa shape index (κ1) is 19.8. The summed E-state index contributed by atoms with van der Waals surface area (Å²) in [5, 5.41) is 3.44. The van der Waals surface area contributed by atoms with Gasteiger partial charge in [-0.2, -0.15) is 13.2 Å². The highest BCUT2D eigenvalue weighted by molar-refractivity contribution is 5.69. The van der Waals surface area contributed by atoms with Gasteiger partial charge in [0.25, 0.3) is 0 Å². The van der Waals surface area contributed by atoms with E-state index in [9.17, 15) is 18.0 Å². The van der Waals surface area contributed by atoms with E-state index in [1.165, 1.54) is 0 Å². The summed E-state index contributed by atoms with van der Waals surface area (Å²) in [7, 11) is 0. The molecule has 2 heterocycles. The molecule has 3 rings (SSSR count). The molecular weight excluding hydrogens is 361 g/mol. The van der Waals surface area contributed by atoms with Gasteiger partial charge < -0.3 is 14.2 Å². The molecule has 1 aliphatic heterocycles. The minimum atomic E-state index is -4.51. The molecule has 1 aromatic rings. The van der Waals surface area contributed by atoms with Crippen molar-refractivity contribution in [2.45, 2.75) is 58.2 Å². The minimum Gasteiger partial charge on any atom is -0.444 e. The summed E-state index contributed by atoms with van der Waals surface area (Å²) in [6.45, 7) is 6.99. The lowest BCUT2D eigenvalue weighted by atomic mass is 9.66. The molecule has 0 atom stereocenters. The van der Waals surface area contributed by atoms with Gasteiger partial charge in [0.2, 0.25) is 5.76 Å². The standard InChI is InChI=1S/C19H25F3N2O3/c1-17(2,3)26-16(25)24-11-18(12-24)8-6-13(7-9-18)4-5-14-10-15(27-23-14)19(20,21)22/h4-5,10,13H,6-9,11-12H2,1-3H3. The molecule has 1 aliphatic carbocycles. The Morgan fingerprint density at radius 3 is 2.44 bits per heavy atom. The molecule has 1 amide bonds. The summed E-state index contributed by atoms with van der Waals surface area (Å²) >= 11 is 0. The van der Waals surface area contributed by atoms with E-state index in [0.29, 0.717) is 5.92 Å². The van der Waals surface area contributed by atoms with Crippen LogP contribution in [-0.4, -0.2) is 34.8 Å². The van der Waals surface area contributed by atoms with Crippen molar-refractivity contribution < 1.29 is 27.2 Å². The number of likely N-dealkylation sites (tertiary alicyclic amines) is 1. The van der Waals surface area contributed by atoms with Crippen molar-refractivity contribution in [2.24, 2.45) is 11.3 Å². The van der Waals surface area contributed by atoms with Gasteiger partial charge in [0.15, 0.2) is 0 Å². The van der Waals surface area contributed by atoms with E-state index in [1.54, 1.807) is 11.0 Å². The van der Waals surface area contributed by atoms with Crippen molar-refractivity contribution in [1.82, 2.24) is 10.1 Å². The number of hydrogen-bond donors (Lipinski definition) is 0. The summed E-state index contributed by atoms with van der Waals surface area (Å²) in [6, 6.07) is 0.908. The van der Waals surface area contributed by atoms with Crippen molar-refractivity contribution in [3.05, 3.63) is 23.6 Å². The quantitative estimate of drug-likeness (QED) is 0.707. The SMILES string of the molecule is CC(C)(C)OC(=O)N1CC2(CCC(C=Cc3cc(C(F)(F)F)on3)CC2)C1. The van der Waals surface area contributed by atoms with Gasteiger partial charge in [-0.3, -0.25) is 0 Å². The van der Waals surface area contributed by atoms with Gasteiger partial charge in [0, 0.05) is 24.6 Å². The highest BCUT2D eigenvalue weighted by Crippen LogP contribution is 2.46. The zero-order chi connectivity index (χ0) is 19.9. The lowest BCUT2D eigenvalue weighted by Crippen LogP contribution is -2.60. The van der Waals surface area contributed by atoms with E-state index in [0.717, 1.165) is 44.8 Å². The Morgan fingerprint density at radius 1 is 1.30 bits per heavy atom. The van der Waals surface area contributed by atoms with Crippen LogP contribution in [0.3, 0.4) is 0 Å². The lowest BCUT2D eigenvalue weighted by molar-refractivity contribution is -0.155. The van der Waals surface area contributed by atoms with E-state index in [-0.39, 0.29) is 17.2 Å². The van der Waals surface area contributed by atoms with E-state index in [2.05, 4.69) is 9.68 Å². The van der Waals surface area contributed by atoms with Crippen LogP contribution in [0.15, 0.2) is 16.7 Å². The number of carbonyl (C=O) groups is 1. The fourth-order valence-electron chi connectivity index (χ4n) is 3.72. The fraction of sp³-hybridized carbons (Fsp3) is 0.684. The number of halogens is 3.